The van der Waals surface area contributed by atoms with E-state index in [-0.39, 0.29) is 25.0 Å². The minimum Gasteiger partial charge on any atom is -0.455 e. The number of ether oxygens (including phenoxy) is 7. The second-order valence-electron chi connectivity index (χ2n) is 16.8. The standard InChI is InChI=1S/C41H55Cl3O12Si/c1-10-29-52-31-30-23(5)26(56-57(11-2,12-3)13-4)20-40(48,37(30,7)8)34(54-35(46)25-17-15-14-16-18-25)32-38(9,33(31)53-29)27(51-36(47)50-22-41(42,43)44)19-28-39(32,21-49-28)55-24(6)45/h10,14-18,26-29,31-34,48H,1,11-13,19-22H2,2-9H3/t26-,27-,28+,29+,31+,32-,33+,34-,38+,39-,40+/m0/s1. The molecule has 11 atom stereocenters. The molecule has 0 spiro atoms. The van der Waals surface area contributed by atoms with Crippen LogP contribution in [0.5, 0.6) is 0 Å². The van der Waals surface area contributed by atoms with Crippen molar-refractivity contribution in [2.45, 2.75) is 144 Å². The fraction of sp³-hybridized carbons (Fsp3) is 0.683. The number of esters is 2. The van der Waals surface area contributed by atoms with E-state index < -0.39 is 108 Å². The van der Waals surface area contributed by atoms with E-state index in [9.17, 15) is 19.5 Å². The second kappa shape index (κ2) is 16.0. The highest BCUT2D eigenvalue weighted by Crippen LogP contribution is 2.67. The summed E-state index contributed by atoms with van der Waals surface area (Å²) in [7, 11) is -2.34. The summed E-state index contributed by atoms with van der Waals surface area (Å²) in [5.74, 6) is -2.50. The maximum atomic E-state index is 14.5. The lowest BCUT2D eigenvalue weighted by Crippen LogP contribution is -2.82. The molecule has 4 fully saturated rings. The highest BCUT2D eigenvalue weighted by molar-refractivity contribution is 6.73. The molecule has 0 radical (unpaired) electrons. The van der Waals surface area contributed by atoms with E-state index in [1.165, 1.54) is 13.0 Å². The monoisotopic (exact) mass is 872 g/mol. The first kappa shape index (κ1) is 44.4. The molecule has 5 aliphatic rings. The van der Waals surface area contributed by atoms with Gasteiger partial charge in [0.2, 0.25) is 3.79 Å². The van der Waals surface area contributed by atoms with Crippen molar-refractivity contribution >= 4 is 61.2 Å². The number of carbonyl (C=O) groups excluding carboxylic acids is 3. The van der Waals surface area contributed by atoms with Crippen molar-refractivity contribution in [3.63, 3.8) is 0 Å². The topological polar surface area (TPSA) is 145 Å². The Morgan fingerprint density at radius 2 is 1.68 bits per heavy atom. The number of benzene rings is 1. The van der Waals surface area contributed by atoms with Crippen LogP contribution in [0.25, 0.3) is 0 Å². The third-order valence-corrected chi connectivity index (χ3v) is 18.7. The summed E-state index contributed by atoms with van der Waals surface area (Å²) in [4.78, 5) is 41.3. The molecule has 6 rings (SSSR count). The van der Waals surface area contributed by atoms with E-state index in [4.69, 9.17) is 72.4 Å². The first-order valence-electron chi connectivity index (χ1n) is 19.7. The minimum absolute atomic E-state index is 0.00293. The van der Waals surface area contributed by atoms with Gasteiger partial charge < -0.3 is 42.7 Å². The van der Waals surface area contributed by atoms with E-state index in [2.05, 4.69) is 27.4 Å². The second-order valence-corrected chi connectivity index (χ2v) is 24.0. The lowest BCUT2D eigenvalue weighted by Gasteiger charge is -2.69. The minimum atomic E-state index is -2.34. The van der Waals surface area contributed by atoms with Crippen LogP contribution in [-0.4, -0.2) is 103 Å². The average Bonchev–Trinajstić information content (AvgIpc) is 3.58. The fourth-order valence-electron chi connectivity index (χ4n) is 10.5. The number of halogens is 3. The molecule has 0 aromatic heterocycles. The van der Waals surface area contributed by atoms with Crippen LogP contribution >= 0.6 is 34.8 Å². The van der Waals surface area contributed by atoms with Crippen molar-refractivity contribution in [2.75, 3.05) is 13.2 Å². The fourth-order valence-corrected chi connectivity index (χ4v) is 13.5. The summed E-state index contributed by atoms with van der Waals surface area (Å²) in [5, 5.41) is 14.0. The smallest absolute Gasteiger partial charge is 0.455 e. The Bertz CT molecular complexity index is 1740. The van der Waals surface area contributed by atoms with Crippen molar-refractivity contribution in [2.24, 2.45) is 16.7 Å². The SMILES string of the molecule is C=C[C@@H]1O[C@@H]2C3=C(C)[C@@H](O[Si](CC)(CC)CC)C[C@@](O)([C@@H](OC(=O)c4ccccc4)[C@@H]4[C@]5(OC(C)=O)CO[C@@H]5C[C@H](OC(=O)OCC(Cl)(Cl)Cl)[C@@]4(C)[C@@H]2O1)C3(C)C. The summed E-state index contributed by atoms with van der Waals surface area (Å²) < 4.78 is 49.6. The van der Waals surface area contributed by atoms with Crippen molar-refractivity contribution < 1.29 is 57.1 Å². The Balaban J connectivity index is 1.66. The number of aliphatic hydroxyl groups is 1. The van der Waals surface area contributed by atoms with Gasteiger partial charge in [0.1, 0.15) is 42.7 Å². The maximum absolute atomic E-state index is 14.5. The number of rotatable bonds is 11. The van der Waals surface area contributed by atoms with Gasteiger partial charge in [0, 0.05) is 30.6 Å². The lowest BCUT2D eigenvalue weighted by atomic mass is 9.44. The molecule has 3 aliphatic carbocycles. The van der Waals surface area contributed by atoms with E-state index in [0.717, 1.165) is 23.7 Å². The highest BCUT2D eigenvalue weighted by Gasteiger charge is 2.79. The van der Waals surface area contributed by atoms with Gasteiger partial charge in [-0.3, -0.25) is 4.79 Å². The van der Waals surface area contributed by atoms with Crippen molar-refractivity contribution in [3.8, 4) is 0 Å². The predicted molar refractivity (Wildman–Crippen MR) is 214 cm³/mol. The molecule has 316 valence electrons. The van der Waals surface area contributed by atoms with Crippen LogP contribution in [0.15, 0.2) is 54.1 Å². The summed E-state index contributed by atoms with van der Waals surface area (Å²) in [6, 6.07) is 11.0. The number of fused-ring (bicyclic) bond motifs is 8. The van der Waals surface area contributed by atoms with Crippen LogP contribution in [0.1, 0.15) is 78.6 Å². The van der Waals surface area contributed by atoms with Gasteiger partial charge in [-0.05, 0) is 54.4 Å². The van der Waals surface area contributed by atoms with Gasteiger partial charge in [0.25, 0.3) is 0 Å². The summed E-state index contributed by atoms with van der Waals surface area (Å²) >= 11 is 17.8. The van der Waals surface area contributed by atoms with Crippen LogP contribution in [0.2, 0.25) is 18.1 Å². The first-order chi connectivity index (χ1) is 26.7. The van der Waals surface area contributed by atoms with Gasteiger partial charge in [0.15, 0.2) is 20.2 Å². The van der Waals surface area contributed by atoms with E-state index in [1.807, 2.05) is 27.7 Å². The van der Waals surface area contributed by atoms with Gasteiger partial charge in [-0.15, -0.1) is 0 Å². The van der Waals surface area contributed by atoms with Crippen molar-refractivity contribution in [1.29, 1.82) is 0 Å². The Kier molecular flexibility index (Phi) is 12.5. The molecule has 2 saturated carbocycles. The molecule has 1 aromatic carbocycles. The van der Waals surface area contributed by atoms with Gasteiger partial charge in [0.05, 0.1) is 24.2 Å². The molecular formula is C41H55Cl3O12Si. The van der Waals surface area contributed by atoms with E-state index >= 15 is 0 Å². The highest BCUT2D eigenvalue weighted by atomic mass is 35.6. The molecule has 2 saturated heterocycles. The van der Waals surface area contributed by atoms with Crippen LogP contribution < -0.4 is 0 Å². The van der Waals surface area contributed by atoms with E-state index in [1.54, 1.807) is 30.3 Å². The largest absolute Gasteiger partial charge is 0.508 e. The summed E-state index contributed by atoms with van der Waals surface area (Å²) in [6.45, 7) is 18.6. The molecule has 2 heterocycles. The number of alkyl halides is 3. The van der Waals surface area contributed by atoms with Gasteiger partial charge in [-0.2, -0.15) is 0 Å². The average molecular weight is 874 g/mol. The van der Waals surface area contributed by atoms with Crippen LogP contribution in [-0.2, 0) is 42.4 Å². The molecule has 2 aliphatic heterocycles. The molecule has 57 heavy (non-hydrogen) atoms. The Morgan fingerprint density at radius 3 is 2.23 bits per heavy atom. The molecule has 16 heteroatoms. The summed E-state index contributed by atoms with van der Waals surface area (Å²) in [5.41, 5.74) is -4.29. The van der Waals surface area contributed by atoms with Gasteiger partial charge in [-0.25, -0.2) is 9.59 Å². The van der Waals surface area contributed by atoms with Crippen molar-refractivity contribution in [1.82, 2.24) is 0 Å². The molecule has 2 bridgehead atoms. The number of hydrogen-bond donors (Lipinski definition) is 1. The lowest BCUT2D eigenvalue weighted by molar-refractivity contribution is -0.361. The summed E-state index contributed by atoms with van der Waals surface area (Å²) in [6.07, 6.45) is -6.50. The van der Waals surface area contributed by atoms with Crippen LogP contribution in [0.3, 0.4) is 0 Å². The molecular weight excluding hydrogens is 819 g/mol. The maximum Gasteiger partial charge on any atom is 0.508 e. The first-order valence-corrected chi connectivity index (χ1v) is 23.3. The molecule has 12 nitrogen and oxygen atoms in total. The zero-order valence-electron chi connectivity index (χ0n) is 33.8. The van der Waals surface area contributed by atoms with Crippen LogP contribution in [0, 0.1) is 16.7 Å². The molecule has 1 aromatic rings. The molecule has 0 unspecified atom stereocenters. The number of hydrogen-bond acceptors (Lipinski definition) is 12. The zero-order valence-corrected chi connectivity index (χ0v) is 37.1. The van der Waals surface area contributed by atoms with Crippen LogP contribution in [0.4, 0.5) is 4.79 Å². The normalized spacial score (nSPS) is 36.9. The van der Waals surface area contributed by atoms with E-state index in [0.29, 0.717) is 5.57 Å². The molecule has 0 amide bonds. The van der Waals surface area contributed by atoms with Crippen molar-refractivity contribution in [3.05, 3.63) is 59.7 Å². The third kappa shape index (κ3) is 7.49. The molecule has 1 N–H and O–H groups in total. The Labute approximate surface area is 350 Å². The number of carbonyl (C=O) groups is 3. The Hall–Kier alpha value is -2.20. The quantitative estimate of drug-likeness (QED) is 0.0756. The van der Waals surface area contributed by atoms with Gasteiger partial charge in [-0.1, -0.05) is 101 Å². The third-order valence-electron chi connectivity index (χ3n) is 13.7. The predicted octanol–water partition coefficient (Wildman–Crippen LogP) is 8.01. The Morgan fingerprint density at radius 1 is 1.04 bits per heavy atom. The zero-order chi connectivity index (χ0) is 41.9. The van der Waals surface area contributed by atoms with Gasteiger partial charge >= 0.3 is 18.1 Å².